The van der Waals surface area contributed by atoms with Gasteiger partial charge < -0.3 is 14.7 Å². The zero-order chi connectivity index (χ0) is 20.2. The van der Waals surface area contributed by atoms with E-state index in [1.54, 1.807) is 14.2 Å². The van der Waals surface area contributed by atoms with E-state index >= 15 is 0 Å². The van der Waals surface area contributed by atoms with Crippen LogP contribution in [0.5, 0.6) is 0 Å². The largest absolute Gasteiger partial charge is 0.379 e. The first kappa shape index (κ1) is 22.1. The van der Waals surface area contributed by atoms with Crippen molar-refractivity contribution in [3.8, 4) is 0 Å². The molecule has 0 aromatic rings. The van der Waals surface area contributed by atoms with Gasteiger partial charge in [0.1, 0.15) is 0 Å². The minimum absolute atomic E-state index is 0.0865. The lowest BCUT2D eigenvalue weighted by Crippen LogP contribution is -2.71. The Labute approximate surface area is 159 Å². The summed E-state index contributed by atoms with van der Waals surface area (Å²) >= 11 is 0. The van der Waals surface area contributed by atoms with E-state index in [0.29, 0.717) is 12.8 Å². The van der Waals surface area contributed by atoms with Gasteiger partial charge in [-0.2, -0.15) is 10.1 Å². The first-order chi connectivity index (χ1) is 11.6. The molecule has 2 aliphatic heterocycles. The zero-order valence-corrected chi connectivity index (χ0v) is 18.5. The van der Waals surface area contributed by atoms with Crippen molar-refractivity contribution in [2.45, 2.75) is 115 Å². The molecular formula is C20H40N2O4. The van der Waals surface area contributed by atoms with Crippen molar-refractivity contribution in [1.29, 1.82) is 0 Å². The molecule has 1 N–H and O–H groups in total. The predicted molar refractivity (Wildman–Crippen MR) is 102 cm³/mol. The van der Waals surface area contributed by atoms with Gasteiger partial charge in [0.15, 0.2) is 5.79 Å². The third kappa shape index (κ3) is 3.69. The molecule has 0 aliphatic carbocycles. The van der Waals surface area contributed by atoms with Crippen LogP contribution >= 0.6 is 0 Å². The fraction of sp³-hybridized carbons (Fsp3) is 1.00. The van der Waals surface area contributed by atoms with E-state index in [2.05, 4.69) is 32.8 Å². The van der Waals surface area contributed by atoms with Crippen LogP contribution in [0.4, 0.5) is 0 Å². The molecule has 0 saturated carbocycles. The van der Waals surface area contributed by atoms with E-state index < -0.39 is 16.9 Å². The topological polar surface area (TPSA) is 54.4 Å². The molecule has 1 unspecified atom stereocenters. The molecule has 0 radical (unpaired) electrons. The number of hydrogen-bond acceptors (Lipinski definition) is 6. The highest BCUT2D eigenvalue weighted by Gasteiger charge is 2.58. The highest BCUT2D eigenvalue weighted by atomic mass is 16.8. The lowest BCUT2D eigenvalue weighted by molar-refractivity contribution is -0.436. The van der Waals surface area contributed by atoms with Crippen molar-refractivity contribution in [3.05, 3.63) is 0 Å². The average molecular weight is 373 g/mol. The minimum Gasteiger partial charge on any atom is -0.379 e. The van der Waals surface area contributed by atoms with Gasteiger partial charge in [0.05, 0.1) is 11.6 Å². The van der Waals surface area contributed by atoms with Crippen LogP contribution in [0.25, 0.3) is 0 Å². The molecule has 6 heteroatoms. The molecular weight excluding hydrogens is 332 g/mol. The fourth-order valence-corrected chi connectivity index (χ4v) is 5.26. The second kappa shape index (κ2) is 6.68. The lowest BCUT2D eigenvalue weighted by Gasteiger charge is -2.60. The second-order valence-electron chi connectivity index (χ2n) is 10.5. The van der Waals surface area contributed by atoms with Crippen molar-refractivity contribution in [1.82, 2.24) is 10.1 Å². The molecule has 0 aromatic heterocycles. The molecule has 2 aliphatic rings. The Morgan fingerprint density at radius 3 is 1.77 bits per heavy atom. The molecule has 0 spiro atoms. The average Bonchev–Trinajstić information content (AvgIpc) is 2.48. The van der Waals surface area contributed by atoms with E-state index in [-0.39, 0.29) is 17.2 Å². The molecule has 0 aromatic carbocycles. The van der Waals surface area contributed by atoms with E-state index in [4.69, 9.17) is 14.3 Å². The Balaban J connectivity index is 2.41. The predicted octanol–water partition coefficient (Wildman–Crippen LogP) is 3.97. The van der Waals surface area contributed by atoms with Crippen LogP contribution in [0.15, 0.2) is 0 Å². The monoisotopic (exact) mass is 372 g/mol. The summed E-state index contributed by atoms with van der Waals surface area (Å²) in [6.45, 7) is 16.9. The Kier molecular flexibility index (Phi) is 5.66. The molecule has 0 amide bonds. The van der Waals surface area contributed by atoms with E-state index in [0.717, 1.165) is 12.8 Å². The van der Waals surface area contributed by atoms with Gasteiger partial charge in [0.25, 0.3) is 0 Å². The maximum atomic E-state index is 10.7. The van der Waals surface area contributed by atoms with Crippen molar-refractivity contribution < 1.29 is 19.5 Å². The third-order valence-corrected chi connectivity index (χ3v) is 6.34. The summed E-state index contributed by atoms with van der Waals surface area (Å²) in [5.41, 5.74) is -1.38. The standard InChI is InChI=1S/C20H40N2O4/c1-16(2)12-11-15(24-9)19(7,8)22(16)26-20(25-10)13-17(3,4)21(23)18(5,6)14-20/h15,23H,11-14H2,1-10H3. The van der Waals surface area contributed by atoms with Gasteiger partial charge in [0.2, 0.25) is 0 Å². The van der Waals surface area contributed by atoms with Gasteiger partial charge in [-0.05, 0) is 68.2 Å². The molecule has 0 bridgehead atoms. The zero-order valence-electron chi connectivity index (χ0n) is 18.5. The van der Waals surface area contributed by atoms with Crippen LogP contribution in [0, 0.1) is 0 Å². The van der Waals surface area contributed by atoms with Crippen LogP contribution in [0.3, 0.4) is 0 Å². The summed E-state index contributed by atoms with van der Waals surface area (Å²) in [6.07, 6.45) is 3.20. The van der Waals surface area contributed by atoms with Gasteiger partial charge in [-0.1, -0.05) is 0 Å². The van der Waals surface area contributed by atoms with Crippen molar-refractivity contribution in [2.75, 3.05) is 14.2 Å². The fourth-order valence-electron chi connectivity index (χ4n) is 5.26. The number of hydroxylamine groups is 4. The molecule has 2 heterocycles. The van der Waals surface area contributed by atoms with Gasteiger partial charge in [-0.15, -0.1) is 0 Å². The molecule has 1 atom stereocenters. The van der Waals surface area contributed by atoms with Gasteiger partial charge >= 0.3 is 0 Å². The first-order valence-electron chi connectivity index (χ1n) is 9.70. The maximum absolute atomic E-state index is 10.7. The summed E-state index contributed by atoms with van der Waals surface area (Å²) in [5, 5.41) is 14.2. The molecule has 2 rings (SSSR count). The number of nitrogens with zero attached hydrogens (tertiary/aromatic N) is 2. The Morgan fingerprint density at radius 1 is 0.846 bits per heavy atom. The van der Waals surface area contributed by atoms with E-state index in [9.17, 15) is 5.21 Å². The van der Waals surface area contributed by atoms with Crippen LogP contribution in [0.2, 0.25) is 0 Å². The summed E-state index contributed by atoms with van der Waals surface area (Å²) in [4.78, 5) is 6.74. The van der Waals surface area contributed by atoms with Gasteiger partial charge in [-0.3, -0.25) is 4.84 Å². The summed E-state index contributed by atoms with van der Waals surface area (Å²) in [5.74, 6) is -0.809. The molecule has 154 valence electrons. The molecule has 2 fully saturated rings. The third-order valence-electron chi connectivity index (χ3n) is 6.34. The number of ether oxygens (including phenoxy) is 2. The Hall–Kier alpha value is -0.240. The van der Waals surface area contributed by atoms with Crippen LogP contribution in [0.1, 0.15) is 81.1 Å². The quantitative estimate of drug-likeness (QED) is 0.754. The summed E-state index contributed by atoms with van der Waals surface area (Å²) < 4.78 is 11.8. The van der Waals surface area contributed by atoms with Crippen LogP contribution in [-0.2, 0) is 14.3 Å². The number of hydrogen-bond donors (Lipinski definition) is 1. The smallest absolute Gasteiger partial charge is 0.191 e. The van der Waals surface area contributed by atoms with Crippen LogP contribution < -0.4 is 0 Å². The number of piperidine rings is 2. The number of rotatable bonds is 4. The minimum atomic E-state index is -0.809. The lowest BCUT2D eigenvalue weighted by atomic mass is 9.77. The highest BCUT2D eigenvalue weighted by Crippen LogP contribution is 2.48. The number of methoxy groups -OCH3 is 2. The molecule has 26 heavy (non-hydrogen) atoms. The second-order valence-corrected chi connectivity index (χ2v) is 10.5. The van der Waals surface area contributed by atoms with Crippen molar-refractivity contribution in [3.63, 3.8) is 0 Å². The van der Waals surface area contributed by atoms with Crippen molar-refractivity contribution >= 4 is 0 Å². The van der Waals surface area contributed by atoms with Crippen LogP contribution in [-0.4, -0.2) is 63.6 Å². The molecule has 2 saturated heterocycles. The van der Waals surface area contributed by atoms with Gasteiger partial charge in [-0.25, -0.2) is 0 Å². The SMILES string of the molecule is COC1CCC(C)(C)N(OC2(OC)CC(C)(C)N(O)C(C)(C)C2)C1(C)C. The van der Waals surface area contributed by atoms with E-state index in [1.165, 1.54) is 5.06 Å². The Bertz CT molecular complexity index is 498. The first-order valence-corrected chi connectivity index (χ1v) is 9.70. The van der Waals surface area contributed by atoms with Crippen molar-refractivity contribution in [2.24, 2.45) is 0 Å². The maximum Gasteiger partial charge on any atom is 0.191 e. The Morgan fingerprint density at radius 2 is 1.35 bits per heavy atom. The normalized spacial score (nSPS) is 33.1. The molecule has 6 nitrogen and oxygen atoms in total. The van der Waals surface area contributed by atoms with E-state index in [1.807, 2.05) is 27.7 Å². The summed E-state index contributed by atoms with van der Waals surface area (Å²) in [6, 6.07) is 0. The summed E-state index contributed by atoms with van der Waals surface area (Å²) in [7, 11) is 3.47. The highest BCUT2D eigenvalue weighted by molar-refractivity contribution is 5.03. The van der Waals surface area contributed by atoms with Gasteiger partial charge in [0, 0.05) is 43.7 Å².